The van der Waals surface area contributed by atoms with Crippen molar-refractivity contribution in [3.05, 3.63) is 88.1 Å². The molecule has 1 radical (unpaired) electrons. The molecule has 0 heterocycles. The van der Waals surface area contributed by atoms with E-state index in [1.165, 1.54) is 0 Å². The maximum Gasteiger partial charge on any atom is 0.338 e. The third kappa shape index (κ3) is 3.59. The number of hydrogen-bond donors (Lipinski definition) is 0. The molecule has 0 bridgehead atoms. The van der Waals surface area contributed by atoms with Crippen molar-refractivity contribution in [2.24, 2.45) is 0 Å². The fraction of sp³-hybridized carbons (Fsp3) is 0.136. The largest absolute Gasteiger partial charge is 0.427 e. The number of carbonyl (C=O) groups excluding carboxylic acids is 2. The van der Waals surface area contributed by atoms with Crippen molar-refractivity contribution >= 4 is 24.1 Å². The van der Waals surface area contributed by atoms with E-state index in [0.29, 0.717) is 29.1 Å². The quantitative estimate of drug-likeness (QED) is 0.620. The van der Waals surface area contributed by atoms with Gasteiger partial charge in [0.25, 0.3) is 0 Å². The van der Waals surface area contributed by atoms with Crippen LogP contribution in [0.15, 0.2) is 60.1 Å². The molecule has 131 valence electrons. The Kier molecular flexibility index (Phi) is 4.76. The van der Waals surface area contributed by atoms with Gasteiger partial charge in [-0.25, -0.2) is 9.59 Å². The molecular weight excluding hydrogens is 328 g/mol. The van der Waals surface area contributed by atoms with Crippen LogP contribution >= 0.6 is 0 Å². The van der Waals surface area contributed by atoms with Gasteiger partial charge >= 0.3 is 11.9 Å². The van der Waals surface area contributed by atoms with Gasteiger partial charge in [0, 0.05) is 17.6 Å². The molecule has 26 heavy (non-hydrogen) atoms. The van der Waals surface area contributed by atoms with E-state index in [4.69, 9.17) is 9.47 Å². The molecule has 0 aromatic heterocycles. The van der Waals surface area contributed by atoms with E-state index in [-0.39, 0.29) is 0 Å². The molecule has 2 aliphatic carbocycles. The zero-order chi connectivity index (χ0) is 18.8. The van der Waals surface area contributed by atoms with Gasteiger partial charge in [-0.3, -0.25) is 0 Å². The molecule has 0 atom stereocenters. The second-order valence-electron chi connectivity index (χ2n) is 6.34. The minimum Gasteiger partial charge on any atom is -0.427 e. The summed E-state index contributed by atoms with van der Waals surface area (Å²) in [6.45, 7) is 10.4. The summed E-state index contributed by atoms with van der Waals surface area (Å²) in [5, 5.41) is 2.11. The highest BCUT2D eigenvalue weighted by Crippen LogP contribution is 2.17. The average molecular weight is 347 g/mol. The highest BCUT2D eigenvalue weighted by Gasteiger charge is 2.17. The van der Waals surface area contributed by atoms with Crippen LogP contribution < -0.4 is 10.4 Å². The highest BCUT2D eigenvalue weighted by molar-refractivity contribution is 5.88. The maximum atomic E-state index is 11.7. The average Bonchev–Trinajstić information content (AvgIpc) is 2.61. The Balaban J connectivity index is 1.91. The first-order valence-electron chi connectivity index (χ1n) is 8.20. The first-order chi connectivity index (χ1) is 12.3. The topological polar surface area (TPSA) is 52.6 Å². The number of rotatable bonds is 4. The third-order valence-electron chi connectivity index (χ3n) is 4.06. The predicted molar refractivity (Wildman–Crippen MR) is 99.7 cm³/mol. The maximum absolute atomic E-state index is 11.7. The number of fused-ring (bicyclic) bond motifs is 3. The molecule has 0 aliphatic heterocycles. The van der Waals surface area contributed by atoms with Crippen molar-refractivity contribution in [1.82, 2.24) is 0 Å². The Labute approximate surface area is 152 Å². The lowest BCUT2D eigenvalue weighted by Gasteiger charge is -2.17. The van der Waals surface area contributed by atoms with Crippen molar-refractivity contribution in [2.75, 3.05) is 0 Å². The molecular formula is C22H19O4. The molecule has 4 nitrogen and oxygen atoms in total. The first kappa shape index (κ1) is 17.7. The molecule has 1 aromatic carbocycles. The van der Waals surface area contributed by atoms with Crippen LogP contribution in [-0.4, -0.2) is 11.9 Å². The zero-order valence-corrected chi connectivity index (χ0v) is 14.8. The summed E-state index contributed by atoms with van der Waals surface area (Å²) >= 11 is 0. The van der Waals surface area contributed by atoms with Crippen LogP contribution in [0.2, 0.25) is 0 Å². The minimum atomic E-state index is -0.444. The third-order valence-corrected chi connectivity index (χ3v) is 4.06. The number of esters is 2. The summed E-state index contributed by atoms with van der Waals surface area (Å²) < 4.78 is 10.6. The van der Waals surface area contributed by atoms with Gasteiger partial charge in [-0.05, 0) is 47.6 Å². The van der Waals surface area contributed by atoms with E-state index in [0.717, 1.165) is 21.6 Å². The van der Waals surface area contributed by atoms with E-state index in [2.05, 4.69) is 13.2 Å². The number of allylic oxidation sites excluding steroid dienone is 4. The predicted octanol–water partition coefficient (Wildman–Crippen LogP) is 2.38. The lowest BCUT2D eigenvalue weighted by Crippen LogP contribution is -2.34. The van der Waals surface area contributed by atoms with E-state index in [1.807, 2.05) is 30.7 Å². The van der Waals surface area contributed by atoms with Gasteiger partial charge in [0.05, 0.1) is 6.42 Å². The van der Waals surface area contributed by atoms with Gasteiger partial charge in [0.15, 0.2) is 0 Å². The Morgan fingerprint density at radius 3 is 2.23 bits per heavy atom. The van der Waals surface area contributed by atoms with Crippen LogP contribution in [0.25, 0.3) is 12.2 Å². The van der Waals surface area contributed by atoms with Crippen molar-refractivity contribution < 1.29 is 19.1 Å². The summed E-state index contributed by atoms with van der Waals surface area (Å²) in [6, 6.07) is 3.95. The highest BCUT2D eigenvalue weighted by atomic mass is 16.5. The second-order valence-corrected chi connectivity index (χ2v) is 6.34. The van der Waals surface area contributed by atoms with Gasteiger partial charge in [0.1, 0.15) is 11.5 Å². The molecule has 0 fully saturated rings. The molecule has 0 saturated carbocycles. The lowest BCUT2D eigenvalue weighted by molar-refractivity contribution is -0.135. The molecule has 0 saturated heterocycles. The normalized spacial score (nSPS) is 14.4. The minimum absolute atomic E-state index is 0.353. The van der Waals surface area contributed by atoms with E-state index in [9.17, 15) is 9.59 Å². The van der Waals surface area contributed by atoms with E-state index >= 15 is 0 Å². The number of carbonyl (C=O) groups is 2. The van der Waals surface area contributed by atoms with E-state index in [1.54, 1.807) is 26.0 Å². The first-order valence-corrected chi connectivity index (χ1v) is 8.20. The Morgan fingerprint density at radius 2 is 1.54 bits per heavy atom. The smallest absolute Gasteiger partial charge is 0.338 e. The number of benzene rings is 1. The van der Waals surface area contributed by atoms with Crippen LogP contribution in [0.5, 0.6) is 0 Å². The summed E-state index contributed by atoms with van der Waals surface area (Å²) in [5.41, 5.74) is 2.75. The molecule has 0 amide bonds. The van der Waals surface area contributed by atoms with Crippen molar-refractivity contribution in [1.29, 1.82) is 0 Å². The number of ether oxygens (including phenoxy) is 2. The molecule has 3 rings (SSSR count). The monoisotopic (exact) mass is 347 g/mol. The Bertz CT molecular complexity index is 936. The van der Waals surface area contributed by atoms with Gasteiger partial charge in [-0.2, -0.15) is 0 Å². The Hall–Kier alpha value is -3.14. The Morgan fingerprint density at radius 1 is 0.885 bits per heavy atom. The van der Waals surface area contributed by atoms with Gasteiger partial charge in [-0.1, -0.05) is 37.4 Å². The SMILES string of the molecule is C=C(C)C(=O)OC1=CC=c2c(ccc3c2=CC=C(OC(=O)C(=C)C)C3)[CH]1. The summed E-state index contributed by atoms with van der Waals surface area (Å²) in [6.07, 6.45) is 9.78. The molecule has 2 aliphatic rings. The van der Waals surface area contributed by atoms with Crippen molar-refractivity contribution in [2.45, 2.75) is 20.3 Å². The summed E-state index contributed by atoms with van der Waals surface area (Å²) in [7, 11) is 0. The van der Waals surface area contributed by atoms with Gasteiger partial charge < -0.3 is 9.47 Å². The fourth-order valence-electron chi connectivity index (χ4n) is 2.68. The molecule has 0 N–H and O–H groups in total. The van der Waals surface area contributed by atoms with Crippen LogP contribution in [0.4, 0.5) is 0 Å². The molecule has 0 unspecified atom stereocenters. The van der Waals surface area contributed by atoms with Crippen LogP contribution in [-0.2, 0) is 25.5 Å². The van der Waals surface area contributed by atoms with Crippen LogP contribution in [0, 0.1) is 6.42 Å². The molecule has 0 spiro atoms. The van der Waals surface area contributed by atoms with E-state index < -0.39 is 11.9 Å². The standard InChI is InChI=1S/C22H19O4/c1-13(2)21(23)25-17-7-9-19-15(11-17)5-6-16-12-18(8-10-20(16)19)26-22(24)14(3)4/h5-11H,1,3,12H2,2,4H3. The van der Waals surface area contributed by atoms with Crippen LogP contribution in [0.1, 0.15) is 25.0 Å². The fourth-order valence-corrected chi connectivity index (χ4v) is 2.68. The molecule has 4 heteroatoms. The zero-order valence-electron chi connectivity index (χ0n) is 14.8. The van der Waals surface area contributed by atoms with Crippen molar-refractivity contribution in [3.63, 3.8) is 0 Å². The van der Waals surface area contributed by atoms with Crippen LogP contribution in [0.3, 0.4) is 0 Å². The second kappa shape index (κ2) is 7.00. The lowest BCUT2D eigenvalue weighted by atomic mass is 9.94. The molecule has 1 aromatic rings. The summed E-state index contributed by atoms with van der Waals surface area (Å²) in [5.74, 6) is 0.211. The number of hydrogen-bond acceptors (Lipinski definition) is 4. The summed E-state index contributed by atoms with van der Waals surface area (Å²) in [4.78, 5) is 23.4. The van der Waals surface area contributed by atoms with Gasteiger partial charge in [0.2, 0.25) is 0 Å². The van der Waals surface area contributed by atoms with Gasteiger partial charge in [-0.15, -0.1) is 0 Å². The van der Waals surface area contributed by atoms with Crippen molar-refractivity contribution in [3.8, 4) is 0 Å².